The molecule has 0 unspecified atom stereocenters. The number of rotatable bonds is 6. The van der Waals surface area contributed by atoms with E-state index in [0.29, 0.717) is 31.2 Å². The van der Waals surface area contributed by atoms with Gasteiger partial charge in [-0.3, -0.25) is 13.8 Å². The van der Waals surface area contributed by atoms with Gasteiger partial charge in [0.15, 0.2) is 5.16 Å². The second-order valence-electron chi connectivity index (χ2n) is 7.71. The van der Waals surface area contributed by atoms with Crippen molar-refractivity contribution in [1.29, 1.82) is 0 Å². The first-order valence-corrected chi connectivity index (χ1v) is 11.6. The van der Waals surface area contributed by atoms with Crippen molar-refractivity contribution in [3.05, 3.63) is 81.9 Å². The summed E-state index contributed by atoms with van der Waals surface area (Å²) in [5.41, 5.74) is 3.50. The van der Waals surface area contributed by atoms with Gasteiger partial charge in [0.1, 0.15) is 5.65 Å². The van der Waals surface area contributed by atoms with Crippen molar-refractivity contribution in [2.24, 2.45) is 0 Å². The van der Waals surface area contributed by atoms with Crippen LogP contribution >= 0.6 is 11.8 Å². The Morgan fingerprint density at radius 2 is 1.88 bits per heavy atom. The average molecular weight is 449 g/mol. The van der Waals surface area contributed by atoms with Crippen molar-refractivity contribution in [1.82, 2.24) is 24.1 Å². The quantitative estimate of drug-likeness (QED) is 0.420. The van der Waals surface area contributed by atoms with E-state index in [1.54, 1.807) is 28.4 Å². The Labute approximate surface area is 189 Å². The minimum Gasteiger partial charge on any atom is -0.378 e. The average Bonchev–Trinajstić information content (AvgIpc) is 3.22. The molecule has 1 aliphatic heterocycles. The zero-order valence-corrected chi connectivity index (χ0v) is 18.7. The number of nitrogens with zero attached hydrogens (tertiary/aromatic N) is 6. The minimum atomic E-state index is -0.0749. The van der Waals surface area contributed by atoms with Gasteiger partial charge in [0.2, 0.25) is 5.95 Å². The Hall–Kier alpha value is -3.17. The SMILES string of the molecule is Cc1cccn2c(=O)cc(CSc3nnc(N4CCOCC4)n3Cc3ccccc3)nc12. The molecular weight excluding hydrogens is 424 g/mol. The first kappa shape index (κ1) is 20.7. The first-order chi connectivity index (χ1) is 15.7. The fraction of sp³-hybridized carbons (Fsp3) is 0.304. The molecule has 5 rings (SSSR count). The van der Waals surface area contributed by atoms with E-state index in [-0.39, 0.29) is 5.56 Å². The highest BCUT2D eigenvalue weighted by Crippen LogP contribution is 2.26. The Morgan fingerprint density at radius 3 is 2.69 bits per heavy atom. The molecule has 0 spiro atoms. The van der Waals surface area contributed by atoms with Gasteiger partial charge in [-0.25, -0.2) is 4.98 Å². The molecule has 1 aromatic carbocycles. The number of aryl methyl sites for hydroxylation is 1. The molecule has 9 heteroatoms. The number of hydrogen-bond acceptors (Lipinski definition) is 7. The molecule has 0 aliphatic carbocycles. The van der Waals surface area contributed by atoms with E-state index in [1.165, 1.54) is 5.56 Å². The maximum Gasteiger partial charge on any atom is 0.258 e. The maximum atomic E-state index is 12.5. The van der Waals surface area contributed by atoms with Crippen molar-refractivity contribution < 1.29 is 4.74 Å². The molecule has 0 saturated carbocycles. The monoisotopic (exact) mass is 448 g/mol. The standard InChI is InChI=1S/C23H24N6O2S/c1-17-6-5-9-28-20(30)14-19(24-21(17)28)16-32-23-26-25-22(27-10-12-31-13-11-27)29(23)15-18-7-3-2-4-8-18/h2-9,14H,10-13,15-16H2,1H3. The molecule has 164 valence electrons. The molecule has 0 bridgehead atoms. The van der Waals surface area contributed by atoms with Crippen LogP contribution in [0.25, 0.3) is 5.65 Å². The Balaban J connectivity index is 1.44. The third kappa shape index (κ3) is 4.26. The van der Waals surface area contributed by atoms with E-state index in [0.717, 1.165) is 35.5 Å². The molecule has 0 atom stereocenters. The summed E-state index contributed by atoms with van der Waals surface area (Å²) >= 11 is 1.55. The van der Waals surface area contributed by atoms with Crippen LogP contribution in [-0.4, -0.2) is 50.5 Å². The van der Waals surface area contributed by atoms with Crippen molar-refractivity contribution in [3.8, 4) is 0 Å². The number of pyridine rings is 1. The summed E-state index contributed by atoms with van der Waals surface area (Å²) < 4.78 is 9.23. The summed E-state index contributed by atoms with van der Waals surface area (Å²) in [6.45, 7) is 5.59. The van der Waals surface area contributed by atoms with E-state index in [1.807, 2.05) is 37.3 Å². The van der Waals surface area contributed by atoms with Crippen LogP contribution in [0.2, 0.25) is 0 Å². The van der Waals surface area contributed by atoms with Gasteiger partial charge in [-0.15, -0.1) is 10.2 Å². The van der Waals surface area contributed by atoms with E-state index in [4.69, 9.17) is 9.72 Å². The van der Waals surface area contributed by atoms with Crippen molar-refractivity contribution >= 4 is 23.4 Å². The highest BCUT2D eigenvalue weighted by Gasteiger charge is 2.21. The van der Waals surface area contributed by atoms with Crippen LogP contribution < -0.4 is 10.5 Å². The number of anilines is 1. The van der Waals surface area contributed by atoms with Crippen LogP contribution in [0.5, 0.6) is 0 Å². The Morgan fingerprint density at radius 1 is 1.06 bits per heavy atom. The molecule has 32 heavy (non-hydrogen) atoms. The van der Waals surface area contributed by atoms with Gasteiger partial charge in [0.25, 0.3) is 5.56 Å². The van der Waals surface area contributed by atoms with Gasteiger partial charge >= 0.3 is 0 Å². The second-order valence-corrected chi connectivity index (χ2v) is 8.66. The molecule has 0 N–H and O–H groups in total. The summed E-state index contributed by atoms with van der Waals surface area (Å²) in [4.78, 5) is 19.5. The molecule has 1 fully saturated rings. The second kappa shape index (κ2) is 9.13. The molecule has 1 saturated heterocycles. The number of morpholine rings is 1. The summed E-state index contributed by atoms with van der Waals surface area (Å²) in [5, 5.41) is 9.80. The molecular formula is C23H24N6O2S. The van der Waals surface area contributed by atoms with Crippen LogP contribution in [-0.2, 0) is 17.0 Å². The number of fused-ring (bicyclic) bond motifs is 1. The van der Waals surface area contributed by atoms with Gasteiger partial charge in [-0.05, 0) is 24.1 Å². The molecule has 1 aliphatic rings. The van der Waals surface area contributed by atoms with Gasteiger partial charge in [-0.2, -0.15) is 0 Å². The number of benzene rings is 1. The van der Waals surface area contributed by atoms with Gasteiger partial charge in [0.05, 0.1) is 25.5 Å². The summed E-state index contributed by atoms with van der Waals surface area (Å²) in [7, 11) is 0. The maximum absolute atomic E-state index is 12.5. The topological polar surface area (TPSA) is 77.5 Å². The highest BCUT2D eigenvalue weighted by molar-refractivity contribution is 7.98. The number of thioether (sulfide) groups is 1. The molecule has 0 radical (unpaired) electrons. The lowest BCUT2D eigenvalue weighted by Gasteiger charge is -2.28. The molecule has 0 amide bonds. The predicted molar refractivity (Wildman–Crippen MR) is 124 cm³/mol. The fourth-order valence-electron chi connectivity index (χ4n) is 3.81. The third-order valence-corrected chi connectivity index (χ3v) is 6.46. The van der Waals surface area contributed by atoms with Crippen LogP contribution in [0.4, 0.5) is 5.95 Å². The van der Waals surface area contributed by atoms with Gasteiger partial charge < -0.3 is 9.64 Å². The minimum absolute atomic E-state index is 0.0749. The molecule has 3 aromatic heterocycles. The van der Waals surface area contributed by atoms with Crippen molar-refractivity contribution in [2.45, 2.75) is 24.4 Å². The number of aromatic nitrogens is 5. The smallest absolute Gasteiger partial charge is 0.258 e. The third-order valence-electron chi connectivity index (χ3n) is 5.46. The Bertz CT molecular complexity index is 1280. The molecule has 4 aromatic rings. The van der Waals surface area contributed by atoms with Crippen LogP contribution in [0.1, 0.15) is 16.8 Å². The highest BCUT2D eigenvalue weighted by atomic mass is 32.2. The first-order valence-electron chi connectivity index (χ1n) is 10.6. The van der Waals surface area contributed by atoms with Crippen LogP contribution in [0.15, 0.2) is 64.7 Å². The largest absolute Gasteiger partial charge is 0.378 e. The normalized spacial score (nSPS) is 14.2. The zero-order chi connectivity index (χ0) is 21.9. The lowest BCUT2D eigenvalue weighted by Crippen LogP contribution is -2.38. The lowest BCUT2D eigenvalue weighted by atomic mass is 10.2. The van der Waals surface area contributed by atoms with Crippen molar-refractivity contribution in [2.75, 3.05) is 31.2 Å². The van der Waals surface area contributed by atoms with E-state index >= 15 is 0 Å². The fourth-order valence-corrected chi connectivity index (χ4v) is 4.64. The van der Waals surface area contributed by atoms with Crippen LogP contribution in [0.3, 0.4) is 0 Å². The van der Waals surface area contributed by atoms with Crippen LogP contribution in [0, 0.1) is 6.92 Å². The molecule has 4 heterocycles. The predicted octanol–water partition coefficient (Wildman–Crippen LogP) is 2.77. The summed E-state index contributed by atoms with van der Waals surface area (Å²) in [5.74, 6) is 1.39. The molecule has 8 nitrogen and oxygen atoms in total. The van der Waals surface area contributed by atoms with E-state index in [2.05, 4.69) is 31.8 Å². The summed E-state index contributed by atoms with van der Waals surface area (Å²) in [6, 6.07) is 15.7. The zero-order valence-electron chi connectivity index (χ0n) is 17.8. The van der Waals surface area contributed by atoms with E-state index < -0.39 is 0 Å². The van der Waals surface area contributed by atoms with Gasteiger partial charge in [-0.1, -0.05) is 48.2 Å². The van der Waals surface area contributed by atoms with Crippen molar-refractivity contribution in [3.63, 3.8) is 0 Å². The lowest BCUT2D eigenvalue weighted by molar-refractivity contribution is 0.121. The Kier molecular flexibility index (Phi) is 5.91. The number of hydrogen-bond donors (Lipinski definition) is 0. The number of ether oxygens (including phenoxy) is 1. The van der Waals surface area contributed by atoms with E-state index in [9.17, 15) is 4.79 Å². The summed E-state index contributed by atoms with van der Waals surface area (Å²) in [6.07, 6.45) is 1.75. The van der Waals surface area contributed by atoms with Gasteiger partial charge in [0, 0.05) is 31.1 Å².